The topological polar surface area (TPSA) is 29.1 Å². The second kappa shape index (κ2) is 5.90. The molecule has 0 aromatic heterocycles. The predicted octanol–water partition coefficient (Wildman–Crippen LogP) is 3.20. The van der Waals surface area contributed by atoms with Crippen LogP contribution >= 0.6 is 11.6 Å². The molecule has 0 spiro atoms. The van der Waals surface area contributed by atoms with Crippen LogP contribution in [-0.2, 0) is 5.88 Å². The van der Waals surface area contributed by atoms with Gasteiger partial charge in [-0.05, 0) is 30.5 Å². The molecule has 0 saturated carbocycles. The van der Waals surface area contributed by atoms with Crippen molar-refractivity contribution in [3.63, 3.8) is 0 Å². The third-order valence-electron chi connectivity index (χ3n) is 2.70. The smallest absolute Gasteiger partial charge is 0.251 e. The molecule has 1 aromatic rings. The second-order valence-electron chi connectivity index (χ2n) is 4.34. The molecule has 88 valence electrons. The van der Waals surface area contributed by atoms with E-state index >= 15 is 0 Å². The molecule has 0 aliphatic rings. The Morgan fingerprint density at radius 3 is 2.62 bits per heavy atom. The van der Waals surface area contributed by atoms with Crippen LogP contribution in [0.1, 0.15) is 36.7 Å². The molecule has 0 bridgehead atoms. The van der Waals surface area contributed by atoms with Crippen molar-refractivity contribution in [2.24, 2.45) is 5.92 Å². The SMILES string of the molecule is CC(C)C(C)NC(=O)c1cccc(CCl)c1. The van der Waals surface area contributed by atoms with Gasteiger partial charge in [-0.15, -0.1) is 11.6 Å². The van der Waals surface area contributed by atoms with E-state index in [9.17, 15) is 4.79 Å². The van der Waals surface area contributed by atoms with E-state index in [1.165, 1.54) is 0 Å². The lowest BCUT2D eigenvalue weighted by Gasteiger charge is -2.17. The van der Waals surface area contributed by atoms with E-state index in [1.54, 1.807) is 6.07 Å². The third-order valence-corrected chi connectivity index (χ3v) is 3.01. The number of benzene rings is 1. The van der Waals surface area contributed by atoms with Gasteiger partial charge in [-0.2, -0.15) is 0 Å². The maximum absolute atomic E-state index is 11.9. The molecule has 1 amide bonds. The minimum Gasteiger partial charge on any atom is -0.349 e. The number of amides is 1. The van der Waals surface area contributed by atoms with Crippen molar-refractivity contribution in [2.75, 3.05) is 0 Å². The van der Waals surface area contributed by atoms with E-state index in [4.69, 9.17) is 11.6 Å². The molecule has 0 aliphatic heterocycles. The van der Waals surface area contributed by atoms with Gasteiger partial charge in [-0.25, -0.2) is 0 Å². The van der Waals surface area contributed by atoms with E-state index in [0.29, 0.717) is 17.4 Å². The Morgan fingerprint density at radius 2 is 2.06 bits per heavy atom. The van der Waals surface area contributed by atoms with Gasteiger partial charge in [0.15, 0.2) is 0 Å². The molecule has 0 radical (unpaired) electrons. The maximum atomic E-state index is 11.9. The molecule has 2 nitrogen and oxygen atoms in total. The summed E-state index contributed by atoms with van der Waals surface area (Å²) in [5, 5.41) is 2.96. The number of halogens is 1. The Kier molecular flexibility index (Phi) is 4.81. The molecule has 1 N–H and O–H groups in total. The van der Waals surface area contributed by atoms with Crippen LogP contribution in [0.4, 0.5) is 0 Å². The fraction of sp³-hybridized carbons (Fsp3) is 0.462. The van der Waals surface area contributed by atoms with Crippen LogP contribution in [0.25, 0.3) is 0 Å². The first-order valence-electron chi connectivity index (χ1n) is 5.50. The van der Waals surface area contributed by atoms with Gasteiger partial charge in [0.25, 0.3) is 5.91 Å². The largest absolute Gasteiger partial charge is 0.349 e. The average molecular weight is 240 g/mol. The van der Waals surface area contributed by atoms with E-state index in [-0.39, 0.29) is 11.9 Å². The van der Waals surface area contributed by atoms with Crippen molar-refractivity contribution in [1.29, 1.82) is 0 Å². The second-order valence-corrected chi connectivity index (χ2v) is 4.61. The summed E-state index contributed by atoms with van der Waals surface area (Å²) >= 11 is 5.73. The summed E-state index contributed by atoms with van der Waals surface area (Å²) in [4.78, 5) is 11.9. The number of rotatable bonds is 4. The molecule has 16 heavy (non-hydrogen) atoms. The zero-order valence-corrected chi connectivity index (χ0v) is 10.7. The molecule has 3 heteroatoms. The maximum Gasteiger partial charge on any atom is 0.251 e. The lowest BCUT2D eigenvalue weighted by atomic mass is 10.1. The van der Waals surface area contributed by atoms with Gasteiger partial charge in [0.1, 0.15) is 0 Å². The summed E-state index contributed by atoms with van der Waals surface area (Å²) < 4.78 is 0. The van der Waals surface area contributed by atoms with E-state index in [1.807, 2.05) is 25.1 Å². The predicted molar refractivity (Wildman–Crippen MR) is 67.8 cm³/mol. The van der Waals surface area contributed by atoms with Crippen LogP contribution in [-0.4, -0.2) is 11.9 Å². The van der Waals surface area contributed by atoms with Gasteiger partial charge in [0, 0.05) is 17.5 Å². The van der Waals surface area contributed by atoms with Gasteiger partial charge >= 0.3 is 0 Å². The summed E-state index contributed by atoms with van der Waals surface area (Å²) in [6.07, 6.45) is 0. The fourth-order valence-corrected chi connectivity index (χ4v) is 1.42. The number of alkyl halides is 1. The summed E-state index contributed by atoms with van der Waals surface area (Å²) in [5.41, 5.74) is 1.64. The van der Waals surface area contributed by atoms with E-state index < -0.39 is 0 Å². The van der Waals surface area contributed by atoms with Crippen LogP contribution in [0.2, 0.25) is 0 Å². The highest BCUT2D eigenvalue weighted by molar-refractivity contribution is 6.17. The van der Waals surface area contributed by atoms with Crippen molar-refractivity contribution in [2.45, 2.75) is 32.7 Å². The van der Waals surface area contributed by atoms with Gasteiger partial charge in [0.05, 0.1) is 0 Å². The van der Waals surface area contributed by atoms with Crippen LogP contribution in [0, 0.1) is 5.92 Å². The Hall–Kier alpha value is -1.02. The molecule has 1 rings (SSSR count). The Balaban J connectivity index is 2.72. The fourth-order valence-electron chi connectivity index (χ4n) is 1.25. The summed E-state index contributed by atoms with van der Waals surface area (Å²) in [6.45, 7) is 6.17. The molecular weight excluding hydrogens is 222 g/mol. The minimum absolute atomic E-state index is 0.0341. The van der Waals surface area contributed by atoms with Crippen molar-refractivity contribution in [3.8, 4) is 0 Å². The molecule has 0 heterocycles. The number of carbonyl (C=O) groups is 1. The van der Waals surface area contributed by atoms with Crippen molar-refractivity contribution in [1.82, 2.24) is 5.32 Å². The average Bonchev–Trinajstić information content (AvgIpc) is 2.28. The van der Waals surface area contributed by atoms with E-state index in [2.05, 4.69) is 19.2 Å². The molecule has 0 fully saturated rings. The zero-order chi connectivity index (χ0) is 12.1. The number of carbonyl (C=O) groups excluding carboxylic acids is 1. The molecule has 1 aromatic carbocycles. The van der Waals surface area contributed by atoms with E-state index in [0.717, 1.165) is 5.56 Å². The molecule has 0 saturated heterocycles. The first kappa shape index (κ1) is 13.0. The first-order valence-corrected chi connectivity index (χ1v) is 6.03. The first-order chi connectivity index (χ1) is 7.54. The lowest BCUT2D eigenvalue weighted by molar-refractivity contribution is 0.0930. The van der Waals surface area contributed by atoms with Crippen molar-refractivity contribution in [3.05, 3.63) is 35.4 Å². The highest BCUT2D eigenvalue weighted by Gasteiger charge is 2.12. The molecule has 1 atom stereocenters. The van der Waals surface area contributed by atoms with Gasteiger partial charge < -0.3 is 5.32 Å². The Labute approximate surface area is 102 Å². The minimum atomic E-state index is -0.0341. The standard InChI is InChI=1S/C13H18ClNO/c1-9(2)10(3)15-13(16)12-6-4-5-11(7-12)8-14/h4-7,9-10H,8H2,1-3H3,(H,15,16). The van der Waals surface area contributed by atoms with Crippen LogP contribution < -0.4 is 5.32 Å². The van der Waals surface area contributed by atoms with Crippen LogP contribution in [0.5, 0.6) is 0 Å². The lowest BCUT2D eigenvalue weighted by Crippen LogP contribution is -2.36. The van der Waals surface area contributed by atoms with Crippen LogP contribution in [0.15, 0.2) is 24.3 Å². The normalized spacial score (nSPS) is 12.6. The monoisotopic (exact) mass is 239 g/mol. The summed E-state index contributed by atoms with van der Waals surface area (Å²) in [6, 6.07) is 7.57. The Morgan fingerprint density at radius 1 is 1.38 bits per heavy atom. The van der Waals surface area contributed by atoms with Crippen LogP contribution in [0.3, 0.4) is 0 Å². The van der Waals surface area contributed by atoms with Gasteiger partial charge in [0.2, 0.25) is 0 Å². The highest BCUT2D eigenvalue weighted by Crippen LogP contribution is 2.09. The summed E-state index contributed by atoms with van der Waals surface area (Å²) in [7, 11) is 0. The molecule has 0 aliphatic carbocycles. The highest BCUT2D eigenvalue weighted by atomic mass is 35.5. The number of hydrogen-bond acceptors (Lipinski definition) is 1. The molecule has 1 unspecified atom stereocenters. The third kappa shape index (κ3) is 3.53. The van der Waals surface area contributed by atoms with Gasteiger partial charge in [-0.1, -0.05) is 26.0 Å². The Bertz CT molecular complexity index is 363. The number of hydrogen-bond donors (Lipinski definition) is 1. The van der Waals surface area contributed by atoms with Crippen molar-refractivity contribution < 1.29 is 4.79 Å². The summed E-state index contributed by atoms with van der Waals surface area (Å²) in [5.74, 6) is 0.828. The van der Waals surface area contributed by atoms with Gasteiger partial charge in [-0.3, -0.25) is 4.79 Å². The molecular formula is C13H18ClNO. The number of nitrogens with one attached hydrogen (secondary N) is 1. The van der Waals surface area contributed by atoms with Crippen molar-refractivity contribution >= 4 is 17.5 Å². The quantitative estimate of drug-likeness (QED) is 0.804. The zero-order valence-electron chi connectivity index (χ0n) is 9.96.